The Morgan fingerprint density at radius 3 is 2.97 bits per heavy atom. The fraction of sp³-hybridized carbons (Fsp3) is 0.364. The summed E-state index contributed by atoms with van der Waals surface area (Å²) in [4.78, 5) is 27.5. The molecule has 12 nitrogen and oxygen atoms in total. The quantitative estimate of drug-likeness (QED) is 0.337. The van der Waals surface area contributed by atoms with E-state index < -0.39 is 12.1 Å². The van der Waals surface area contributed by atoms with Crippen LogP contribution in [0, 0.1) is 0 Å². The van der Waals surface area contributed by atoms with E-state index in [-0.39, 0.29) is 24.3 Å². The number of aliphatic hydroxyl groups excluding tert-OH is 1. The molecule has 6 rings (SSSR count). The molecule has 4 aromatic heterocycles. The van der Waals surface area contributed by atoms with Gasteiger partial charge in [-0.15, -0.1) is 5.10 Å². The van der Waals surface area contributed by atoms with Gasteiger partial charge in [0.05, 0.1) is 12.3 Å². The Bertz CT molecular complexity index is 1350. The van der Waals surface area contributed by atoms with Gasteiger partial charge >= 0.3 is 0 Å². The van der Waals surface area contributed by atoms with Gasteiger partial charge in [-0.2, -0.15) is 10.1 Å². The topological polar surface area (TPSA) is 149 Å². The van der Waals surface area contributed by atoms with Gasteiger partial charge < -0.3 is 20.6 Å². The number of carbonyl (C=O) groups excluding carboxylic acids is 1. The zero-order valence-corrected chi connectivity index (χ0v) is 18.5. The normalized spacial score (nSPS) is 21.1. The molecule has 0 bridgehead atoms. The summed E-state index contributed by atoms with van der Waals surface area (Å²) in [6.07, 6.45) is 8.17. The van der Waals surface area contributed by atoms with E-state index in [1.807, 2.05) is 24.4 Å². The van der Waals surface area contributed by atoms with E-state index in [2.05, 4.69) is 42.8 Å². The molecule has 2 atom stereocenters. The van der Waals surface area contributed by atoms with Gasteiger partial charge in [-0.05, 0) is 25.0 Å². The second-order valence-electron chi connectivity index (χ2n) is 9.09. The molecule has 1 saturated carbocycles. The Morgan fingerprint density at radius 2 is 2.18 bits per heavy atom. The Morgan fingerprint density at radius 1 is 1.29 bits per heavy atom. The van der Waals surface area contributed by atoms with Crippen molar-refractivity contribution in [2.24, 2.45) is 0 Å². The minimum atomic E-state index is -0.689. The van der Waals surface area contributed by atoms with Crippen LogP contribution in [0.25, 0.3) is 5.52 Å². The van der Waals surface area contributed by atoms with E-state index in [1.54, 1.807) is 9.42 Å². The fourth-order valence-electron chi connectivity index (χ4n) is 4.27. The van der Waals surface area contributed by atoms with Gasteiger partial charge in [0.15, 0.2) is 17.5 Å². The molecule has 0 unspecified atom stereocenters. The summed E-state index contributed by atoms with van der Waals surface area (Å²) < 4.78 is 1.70. The molecule has 4 aromatic rings. The van der Waals surface area contributed by atoms with E-state index in [0.717, 1.165) is 24.1 Å². The van der Waals surface area contributed by atoms with Crippen molar-refractivity contribution >= 4 is 34.8 Å². The van der Waals surface area contributed by atoms with Crippen molar-refractivity contribution in [3.63, 3.8) is 0 Å². The van der Waals surface area contributed by atoms with Crippen molar-refractivity contribution in [2.75, 3.05) is 22.1 Å². The fourth-order valence-corrected chi connectivity index (χ4v) is 4.27. The predicted molar refractivity (Wildman–Crippen MR) is 124 cm³/mol. The number of rotatable bonds is 6. The molecule has 34 heavy (non-hydrogen) atoms. The lowest BCUT2D eigenvalue weighted by Crippen LogP contribution is -2.41. The zero-order valence-electron chi connectivity index (χ0n) is 18.5. The van der Waals surface area contributed by atoms with Gasteiger partial charge in [0.2, 0.25) is 11.9 Å². The molecule has 5 heterocycles. The molecule has 2 aliphatic rings. The molecule has 12 heteroatoms. The van der Waals surface area contributed by atoms with Crippen molar-refractivity contribution in [2.45, 2.75) is 43.7 Å². The monoisotopic (exact) mass is 460 g/mol. The molecule has 1 amide bonds. The first kappa shape index (κ1) is 20.5. The number of amides is 1. The minimum Gasteiger partial charge on any atom is -0.391 e. The summed E-state index contributed by atoms with van der Waals surface area (Å²) in [6, 6.07) is 5.12. The Labute approximate surface area is 194 Å². The highest BCUT2D eigenvalue weighted by Gasteiger charge is 2.41. The maximum atomic E-state index is 13.0. The molecular weight excluding hydrogens is 436 g/mol. The maximum absolute atomic E-state index is 13.0. The first-order chi connectivity index (χ1) is 16.5. The lowest BCUT2D eigenvalue weighted by molar-refractivity contribution is -0.117. The zero-order chi connectivity index (χ0) is 23.3. The van der Waals surface area contributed by atoms with E-state index in [4.69, 9.17) is 4.98 Å². The lowest BCUT2D eigenvalue weighted by Gasteiger charge is -2.24. The standard InChI is InChI=1S/C22H24N10O2/c1-22(4-5-22)16-10-17(29-28-16)25-19-14-3-2-8-32(14)30-21(27-19)31-12-13(33)9-15(31)20(34)26-18-11-23-6-7-24-18/h2-3,6-8,10-11,13,15,33H,4-5,9,12H2,1H3,(H,24,26,34)(H2,25,27,28,29,30)/t13-,15+/m1/s1. The molecule has 0 spiro atoms. The highest BCUT2D eigenvalue weighted by Crippen LogP contribution is 2.47. The van der Waals surface area contributed by atoms with Crippen LogP contribution in [0.2, 0.25) is 0 Å². The van der Waals surface area contributed by atoms with Crippen molar-refractivity contribution in [1.29, 1.82) is 0 Å². The number of hydrogen-bond donors (Lipinski definition) is 4. The summed E-state index contributed by atoms with van der Waals surface area (Å²) in [5.74, 6) is 1.58. The average molecular weight is 461 g/mol. The maximum Gasteiger partial charge on any atom is 0.248 e. The predicted octanol–water partition coefficient (Wildman–Crippen LogP) is 1.62. The van der Waals surface area contributed by atoms with Gasteiger partial charge in [0.25, 0.3) is 0 Å². The number of aromatic nitrogens is 7. The number of nitrogens with zero attached hydrogens (tertiary/aromatic N) is 7. The number of anilines is 4. The van der Waals surface area contributed by atoms with Crippen LogP contribution in [0.1, 0.15) is 31.9 Å². The molecule has 1 aliphatic heterocycles. The van der Waals surface area contributed by atoms with Crippen molar-refractivity contribution in [3.8, 4) is 0 Å². The van der Waals surface area contributed by atoms with Crippen LogP contribution < -0.4 is 15.5 Å². The third kappa shape index (κ3) is 3.71. The molecule has 4 N–H and O–H groups in total. The highest BCUT2D eigenvalue weighted by molar-refractivity contribution is 5.96. The van der Waals surface area contributed by atoms with Crippen molar-refractivity contribution < 1.29 is 9.90 Å². The molecular formula is C22H24N10O2. The second-order valence-corrected chi connectivity index (χ2v) is 9.09. The molecule has 2 fully saturated rings. The summed E-state index contributed by atoms with van der Waals surface area (Å²) in [5, 5.41) is 28.5. The first-order valence-electron chi connectivity index (χ1n) is 11.2. The van der Waals surface area contributed by atoms with Crippen LogP contribution in [0.5, 0.6) is 0 Å². The lowest BCUT2D eigenvalue weighted by atomic mass is 10.1. The van der Waals surface area contributed by atoms with Crippen LogP contribution in [0.15, 0.2) is 43.0 Å². The molecule has 0 radical (unpaired) electrons. The Balaban J connectivity index is 1.30. The summed E-state index contributed by atoms with van der Waals surface area (Å²) in [7, 11) is 0. The van der Waals surface area contributed by atoms with E-state index in [9.17, 15) is 9.90 Å². The smallest absolute Gasteiger partial charge is 0.248 e. The molecule has 1 saturated heterocycles. The molecule has 0 aromatic carbocycles. The number of nitrogens with one attached hydrogen (secondary N) is 3. The number of H-pyrrole nitrogens is 1. The second kappa shape index (κ2) is 7.76. The van der Waals surface area contributed by atoms with Gasteiger partial charge in [-0.3, -0.25) is 14.9 Å². The summed E-state index contributed by atoms with van der Waals surface area (Å²) in [6.45, 7) is 2.44. The Hall–Kier alpha value is -4.06. The first-order valence-corrected chi connectivity index (χ1v) is 11.2. The Kier molecular flexibility index (Phi) is 4.69. The van der Waals surface area contributed by atoms with Gasteiger partial charge in [0.1, 0.15) is 11.6 Å². The van der Waals surface area contributed by atoms with Crippen LogP contribution in [0.4, 0.5) is 23.4 Å². The molecule has 1 aliphatic carbocycles. The number of carbonyl (C=O) groups is 1. The number of β-amino-alcohol motifs (C(OH)–C–C–N with tert-alkyl or cyclic N) is 1. The SMILES string of the molecule is CC1(c2cc(Nc3nc(N4C[C@H](O)C[C@H]4C(=O)Nc4cnccn4)nn4cccc34)n[nH]2)CC1. The van der Waals surface area contributed by atoms with Gasteiger partial charge in [-0.25, -0.2) is 9.50 Å². The number of hydrogen-bond acceptors (Lipinski definition) is 9. The summed E-state index contributed by atoms with van der Waals surface area (Å²) >= 11 is 0. The van der Waals surface area contributed by atoms with Crippen LogP contribution in [-0.2, 0) is 10.2 Å². The minimum absolute atomic E-state index is 0.170. The number of aliphatic hydroxyl groups is 1. The average Bonchev–Trinajstić information content (AvgIpc) is 3.23. The van der Waals surface area contributed by atoms with E-state index >= 15 is 0 Å². The van der Waals surface area contributed by atoms with Crippen LogP contribution in [-0.4, -0.2) is 64.5 Å². The number of fused-ring (bicyclic) bond motifs is 1. The van der Waals surface area contributed by atoms with Gasteiger partial charge in [0, 0.05) is 48.7 Å². The van der Waals surface area contributed by atoms with E-state index in [1.165, 1.54) is 18.6 Å². The largest absolute Gasteiger partial charge is 0.391 e. The van der Waals surface area contributed by atoms with Crippen LogP contribution in [0.3, 0.4) is 0 Å². The van der Waals surface area contributed by atoms with Crippen molar-refractivity contribution in [3.05, 3.63) is 48.7 Å². The number of aromatic amines is 1. The van der Waals surface area contributed by atoms with Crippen molar-refractivity contribution in [1.82, 2.24) is 34.8 Å². The molecule has 174 valence electrons. The van der Waals surface area contributed by atoms with E-state index in [0.29, 0.717) is 23.4 Å². The summed E-state index contributed by atoms with van der Waals surface area (Å²) in [5.41, 5.74) is 2.04. The highest BCUT2D eigenvalue weighted by atomic mass is 16.3. The third-order valence-corrected chi connectivity index (χ3v) is 6.51. The van der Waals surface area contributed by atoms with Crippen LogP contribution >= 0.6 is 0 Å². The third-order valence-electron chi connectivity index (χ3n) is 6.51. The van der Waals surface area contributed by atoms with Gasteiger partial charge in [-0.1, -0.05) is 6.92 Å².